The smallest absolute Gasteiger partial charge is 0.121 e. The molecule has 0 saturated heterocycles. The molecule has 2 aliphatic rings. The molecule has 1 aromatic carbocycles. The first kappa shape index (κ1) is 11.4. The Kier molecular flexibility index (Phi) is 2.82. The molecule has 0 radical (unpaired) electrons. The monoisotopic (exact) mass is 250 g/mol. The van der Waals surface area contributed by atoms with Crippen LogP contribution in [0.25, 0.3) is 0 Å². The van der Waals surface area contributed by atoms with Crippen LogP contribution < -0.4 is 4.74 Å². The number of halogens is 1. The fourth-order valence-corrected chi connectivity index (χ4v) is 3.69. The average molecular weight is 251 g/mol. The number of ether oxygens (including phenoxy) is 1. The number of rotatable bonds is 3. The lowest BCUT2D eigenvalue weighted by atomic mass is 9.93. The van der Waals surface area contributed by atoms with E-state index in [-0.39, 0.29) is 5.38 Å². The first-order chi connectivity index (χ1) is 8.19. The number of methoxy groups -OCH3 is 1. The third-order valence-electron chi connectivity index (χ3n) is 4.43. The zero-order chi connectivity index (χ0) is 12.0. The summed E-state index contributed by atoms with van der Waals surface area (Å²) in [6.45, 7) is 2.08. The molecule has 2 heteroatoms. The molecule has 2 fully saturated rings. The summed E-state index contributed by atoms with van der Waals surface area (Å²) in [6.07, 6.45) is 4.13. The van der Waals surface area contributed by atoms with Gasteiger partial charge in [0.1, 0.15) is 5.75 Å². The van der Waals surface area contributed by atoms with Gasteiger partial charge in [-0.05, 0) is 61.1 Å². The lowest BCUT2D eigenvalue weighted by Gasteiger charge is -2.20. The molecule has 0 amide bonds. The molecule has 2 saturated carbocycles. The van der Waals surface area contributed by atoms with Crippen molar-refractivity contribution < 1.29 is 4.74 Å². The zero-order valence-electron chi connectivity index (χ0n) is 10.4. The molecular formula is C15H19ClO. The van der Waals surface area contributed by atoms with Gasteiger partial charge in [0.05, 0.1) is 12.5 Å². The molecule has 17 heavy (non-hydrogen) atoms. The van der Waals surface area contributed by atoms with Crippen LogP contribution in [-0.4, -0.2) is 7.11 Å². The lowest BCUT2D eigenvalue weighted by molar-refractivity contribution is 0.411. The fourth-order valence-electron chi connectivity index (χ4n) is 3.35. The van der Waals surface area contributed by atoms with Crippen LogP contribution in [0.4, 0.5) is 0 Å². The maximum absolute atomic E-state index is 6.63. The predicted octanol–water partition coefficient (Wildman–Crippen LogP) is 4.33. The van der Waals surface area contributed by atoms with Crippen LogP contribution in [-0.2, 0) is 0 Å². The van der Waals surface area contributed by atoms with Crippen molar-refractivity contribution in [2.24, 2.45) is 17.8 Å². The molecule has 0 N–H and O–H groups in total. The molecule has 1 aromatic rings. The van der Waals surface area contributed by atoms with Crippen molar-refractivity contribution in [3.05, 3.63) is 29.3 Å². The minimum absolute atomic E-state index is 0.187. The van der Waals surface area contributed by atoms with Gasteiger partial charge in [0.25, 0.3) is 0 Å². The molecule has 0 spiro atoms. The molecule has 0 aromatic heterocycles. The first-order valence-corrected chi connectivity index (χ1v) is 6.91. The van der Waals surface area contributed by atoms with Gasteiger partial charge in [-0.2, -0.15) is 0 Å². The van der Waals surface area contributed by atoms with Gasteiger partial charge >= 0.3 is 0 Å². The Morgan fingerprint density at radius 3 is 2.53 bits per heavy atom. The molecule has 3 atom stereocenters. The second kappa shape index (κ2) is 4.20. The zero-order valence-corrected chi connectivity index (χ0v) is 11.2. The number of aryl methyl sites for hydroxylation is 1. The van der Waals surface area contributed by atoms with Crippen LogP contribution in [0, 0.1) is 24.7 Å². The summed E-state index contributed by atoms with van der Waals surface area (Å²) in [4.78, 5) is 0. The number of alkyl halides is 1. The number of hydrogen-bond donors (Lipinski definition) is 0. The third kappa shape index (κ3) is 2.06. The second-order valence-electron chi connectivity index (χ2n) is 5.62. The van der Waals surface area contributed by atoms with Crippen LogP contribution in [0.5, 0.6) is 5.75 Å². The van der Waals surface area contributed by atoms with Crippen molar-refractivity contribution in [3.63, 3.8) is 0 Å². The van der Waals surface area contributed by atoms with E-state index in [0.29, 0.717) is 5.92 Å². The number of benzene rings is 1. The fraction of sp³-hybridized carbons (Fsp3) is 0.600. The van der Waals surface area contributed by atoms with Gasteiger partial charge in [0.2, 0.25) is 0 Å². The van der Waals surface area contributed by atoms with Crippen molar-refractivity contribution in [3.8, 4) is 5.75 Å². The van der Waals surface area contributed by atoms with Gasteiger partial charge in [-0.1, -0.05) is 12.1 Å². The summed E-state index contributed by atoms with van der Waals surface area (Å²) in [5.41, 5.74) is 2.44. The summed E-state index contributed by atoms with van der Waals surface area (Å²) in [7, 11) is 1.71. The number of hydrogen-bond acceptors (Lipinski definition) is 1. The molecular weight excluding hydrogens is 232 g/mol. The number of fused-ring (bicyclic) bond motifs is 1. The van der Waals surface area contributed by atoms with E-state index >= 15 is 0 Å². The summed E-state index contributed by atoms with van der Waals surface area (Å²) >= 11 is 6.63. The van der Waals surface area contributed by atoms with Crippen LogP contribution in [0.3, 0.4) is 0 Å². The van der Waals surface area contributed by atoms with Crippen molar-refractivity contribution >= 4 is 11.6 Å². The molecule has 0 bridgehead atoms. The average Bonchev–Trinajstić information content (AvgIpc) is 2.95. The highest BCUT2D eigenvalue weighted by Crippen LogP contribution is 2.58. The van der Waals surface area contributed by atoms with Crippen LogP contribution >= 0.6 is 11.6 Å². The Bertz CT molecular complexity index is 419. The highest BCUT2D eigenvalue weighted by molar-refractivity contribution is 6.21. The van der Waals surface area contributed by atoms with Gasteiger partial charge in [-0.15, -0.1) is 11.6 Å². The molecule has 3 rings (SSSR count). The van der Waals surface area contributed by atoms with E-state index in [1.54, 1.807) is 7.11 Å². The quantitative estimate of drug-likeness (QED) is 0.726. The second-order valence-corrected chi connectivity index (χ2v) is 6.09. The maximum atomic E-state index is 6.63. The van der Waals surface area contributed by atoms with E-state index in [9.17, 15) is 0 Å². The minimum Gasteiger partial charge on any atom is -0.496 e. The first-order valence-electron chi connectivity index (χ1n) is 6.47. The van der Waals surface area contributed by atoms with Gasteiger partial charge in [0, 0.05) is 0 Å². The summed E-state index contributed by atoms with van der Waals surface area (Å²) in [5, 5.41) is 0.187. The van der Waals surface area contributed by atoms with E-state index in [2.05, 4.69) is 19.1 Å². The minimum atomic E-state index is 0.187. The molecule has 0 heterocycles. The van der Waals surface area contributed by atoms with E-state index in [0.717, 1.165) is 17.6 Å². The van der Waals surface area contributed by atoms with E-state index in [1.807, 2.05) is 6.07 Å². The van der Waals surface area contributed by atoms with Crippen molar-refractivity contribution in [2.75, 3.05) is 7.11 Å². The topological polar surface area (TPSA) is 9.23 Å². The standard InChI is InChI=1S/C15H19ClO/c1-9-5-10(3-4-14(9)17-2)15(16)13-7-11-6-12(11)8-13/h3-5,11-13,15H,6-8H2,1-2H3. The molecule has 3 unspecified atom stereocenters. The van der Waals surface area contributed by atoms with Gasteiger partial charge in [-0.25, -0.2) is 0 Å². The van der Waals surface area contributed by atoms with Crippen molar-refractivity contribution in [1.82, 2.24) is 0 Å². The molecule has 0 aliphatic heterocycles. The highest BCUT2D eigenvalue weighted by Gasteiger charge is 2.47. The van der Waals surface area contributed by atoms with E-state index in [4.69, 9.17) is 16.3 Å². The summed E-state index contributed by atoms with van der Waals surface area (Å²) in [5.74, 6) is 3.64. The Morgan fingerprint density at radius 2 is 1.94 bits per heavy atom. The maximum Gasteiger partial charge on any atom is 0.121 e. The Balaban J connectivity index is 1.76. The molecule has 1 nitrogen and oxygen atoms in total. The van der Waals surface area contributed by atoms with Gasteiger partial charge < -0.3 is 4.74 Å². The SMILES string of the molecule is COc1ccc(C(Cl)C2CC3CC3C2)cc1C. The lowest BCUT2D eigenvalue weighted by Crippen LogP contribution is -2.06. The Hall–Kier alpha value is -0.690. The van der Waals surface area contributed by atoms with Crippen LogP contribution in [0.15, 0.2) is 18.2 Å². The van der Waals surface area contributed by atoms with Crippen LogP contribution in [0.1, 0.15) is 35.8 Å². The third-order valence-corrected chi connectivity index (χ3v) is 5.04. The Labute approximate surface area is 108 Å². The largest absolute Gasteiger partial charge is 0.496 e. The van der Waals surface area contributed by atoms with Crippen molar-refractivity contribution in [1.29, 1.82) is 0 Å². The normalized spacial score (nSPS) is 32.1. The van der Waals surface area contributed by atoms with E-state index < -0.39 is 0 Å². The van der Waals surface area contributed by atoms with Gasteiger partial charge in [0.15, 0.2) is 0 Å². The molecule has 92 valence electrons. The van der Waals surface area contributed by atoms with Crippen LogP contribution in [0.2, 0.25) is 0 Å². The van der Waals surface area contributed by atoms with Gasteiger partial charge in [-0.3, -0.25) is 0 Å². The van der Waals surface area contributed by atoms with Crippen molar-refractivity contribution in [2.45, 2.75) is 31.6 Å². The highest BCUT2D eigenvalue weighted by atomic mass is 35.5. The van der Waals surface area contributed by atoms with E-state index in [1.165, 1.54) is 30.4 Å². The molecule has 2 aliphatic carbocycles. The Morgan fingerprint density at radius 1 is 1.24 bits per heavy atom. The summed E-state index contributed by atoms with van der Waals surface area (Å²) in [6, 6.07) is 6.34. The predicted molar refractivity (Wildman–Crippen MR) is 70.6 cm³/mol. The summed E-state index contributed by atoms with van der Waals surface area (Å²) < 4.78 is 5.29.